The van der Waals surface area contributed by atoms with Crippen molar-refractivity contribution in [2.75, 3.05) is 0 Å². The lowest BCUT2D eigenvalue weighted by atomic mass is 9.81. The van der Waals surface area contributed by atoms with Crippen molar-refractivity contribution in [1.29, 1.82) is 0 Å². The zero-order chi connectivity index (χ0) is 24.9. The van der Waals surface area contributed by atoms with E-state index in [4.69, 9.17) is 0 Å². The topological polar surface area (TPSA) is 0 Å². The fraction of sp³-hybridized carbons (Fsp3) is 0.167. The summed E-state index contributed by atoms with van der Waals surface area (Å²) in [5.74, 6) is 0.552. The van der Waals surface area contributed by atoms with Crippen molar-refractivity contribution in [2.24, 2.45) is 0 Å². The van der Waals surface area contributed by atoms with E-state index in [1.165, 1.54) is 61.2 Å². The maximum absolute atomic E-state index is 2.39. The Morgan fingerprint density at radius 1 is 0.444 bits per heavy atom. The first-order valence-corrected chi connectivity index (χ1v) is 13.0. The maximum atomic E-state index is 2.39. The van der Waals surface area contributed by atoms with Crippen molar-refractivity contribution in [3.05, 3.63) is 132 Å². The van der Waals surface area contributed by atoms with Gasteiger partial charge in [-0.15, -0.1) is 0 Å². The van der Waals surface area contributed by atoms with Crippen LogP contribution < -0.4 is 0 Å². The third-order valence-corrected chi connectivity index (χ3v) is 7.91. The van der Waals surface area contributed by atoms with Crippen LogP contribution in [0.4, 0.5) is 0 Å². The summed E-state index contributed by atoms with van der Waals surface area (Å²) in [4.78, 5) is 0. The molecule has 0 aromatic heterocycles. The van der Waals surface area contributed by atoms with Crippen LogP contribution in [-0.4, -0.2) is 0 Å². The van der Waals surface area contributed by atoms with Gasteiger partial charge in [0.15, 0.2) is 0 Å². The average molecular weight is 465 g/mol. The quantitative estimate of drug-likeness (QED) is 0.248. The molecule has 0 N–H and O–H groups in total. The number of benzene rings is 5. The van der Waals surface area contributed by atoms with E-state index in [-0.39, 0.29) is 5.41 Å². The Balaban J connectivity index is 1.30. The first kappa shape index (κ1) is 22.6. The van der Waals surface area contributed by atoms with Crippen LogP contribution in [0.25, 0.3) is 44.5 Å². The molecule has 0 amide bonds. The van der Waals surface area contributed by atoms with Gasteiger partial charge in [0, 0.05) is 5.41 Å². The largest absolute Gasteiger partial charge is 0.0619 e. The van der Waals surface area contributed by atoms with Gasteiger partial charge in [-0.05, 0) is 79.2 Å². The number of hydrogen-bond donors (Lipinski definition) is 0. The Kier molecular flexibility index (Phi) is 5.41. The molecule has 176 valence electrons. The van der Waals surface area contributed by atoms with Crippen molar-refractivity contribution >= 4 is 0 Å². The minimum atomic E-state index is 0.0235. The molecule has 0 spiro atoms. The van der Waals surface area contributed by atoms with Crippen LogP contribution in [0.2, 0.25) is 0 Å². The van der Waals surface area contributed by atoms with Gasteiger partial charge in [0.05, 0.1) is 0 Å². The second-order valence-corrected chi connectivity index (χ2v) is 10.9. The molecule has 0 heterocycles. The first-order valence-electron chi connectivity index (χ1n) is 13.0. The Bertz CT molecular complexity index is 1550. The van der Waals surface area contributed by atoms with Gasteiger partial charge < -0.3 is 0 Å². The third kappa shape index (κ3) is 3.78. The smallest absolute Gasteiger partial charge is 0.0159 e. The van der Waals surface area contributed by atoms with Crippen LogP contribution in [0, 0.1) is 0 Å². The van der Waals surface area contributed by atoms with E-state index in [2.05, 4.69) is 143 Å². The van der Waals surface area contributed by atoms with Gasteiger partial charge in [0.1, 0.15) is 0 Å². The highest BCUT2D eigenvalue weighted by molar-refractivity contribution is 5.84. The zero-order valence-electron chi connectivity index (χ0n) is 21.5. The molecule has 0 aliphatic heterocycles. The summed E-state index contributed by atoms with van der Waals surface area (Å²) >= 11 is 0. The lowest BCUT2D eigenvalue weighted by molar-refractivity contribution is 0.660. The van der Waals surface area contributed by atoms with Crippen LogP contribution in [0.5, 0.6) is 0 Å². The van der Waals surface area contributed by atoms with E-state index in [0.717, 1.165) is 0 Å². The molecule has 0 saturated carbocycles. The summed E-state index contributed by atoms with van der Waals surface area (Å²) in [6, 6.07) is 42.7. The molecule has 0 nitrogen and oxygen atoms in total. The van der Waals surface area contributed by atoms with Gasteiger partial charge in [-0.25, -0.2) is 0 Å². The predicted molar refractivity (Wildman–Crippen MR) is 154 cm³/mol. The summed E-state index contributed by atoms with van der Waals surface area (Å²) < 4.78 is 0. The Morgan fingerprint density at radius 2 is 0.944 bits per heavy atom. The second-order valence-electron chi connectivity index (χ2n) is 10.9. The predicted octanol–water partition coefficient (Wildman–Crippen LogP) is 10.1. The van der Waals surface area contributed by atoms with Crippen molar-refractivity contribution in [3.8, 4) is 44.5 Å². The van der Waals surface area contributed by atoms with E-state index in [1.54, 1.807) is 0 Å². The molecular formula is C36H32. The van der Waals surface area contributed by atoms with Crippen LogP contribution >= 0.6 is 0 Å². The van der Waals surface area contributed by atoms with Gasteiger partial charge >= 0.3 is 0 Å². The summed E-state index contributed by atoms with van der Waals surface area (Å²) in [5, 5.41) is 0. The van der Waals surface area contributed by atoms with E-state index < -0.39 is 0 Å². The van der Waals surface area contributed by atoms with Gasteiger partial charge in [0.25, 0.3) is 0 Å². The van der Waals surface area contributed by atoms with Gasteiger partial charge in [-0.1, -0.05) is 131 Å². The van der Waals surface area contributed by atoms with Crippen molar-refractivity contribution < 1.29 is 0 Å². The fourth-order valence-corrected chi connectivity index (χ4v) is 5.68. The summed E-state index contributed by atoms with van der Waals surface area (Å²) in [5.41, 5.74) is 14.5. The number of hydrogen-bond acceptors (Lipinski definition) is 0. The van der Waals surface area contributed by atoms with Crippen molar-refractivity contribution in [1.82, 2.24) is 0 Å². The normalized spacial score (nSPS) is 13.5. The molecule has 36 heavy (non-hydrogen) atoms. The first-order chi connectivity index (χ1) is 17.4. The van der Waals surface area contributed by atoms with Crippen molar-refractivity contribution in [2.45, 2.75) is 39.0 Å². The minimum absolute atomic E-state index is 0.0235. The lowest BCUT2D eigenvalue weighted by Crippen LogP contribution is -2.14. The van der Waals surface area contributed by atoms with Crippen molar-refractivity contribution in [3.63, 3.8) is 0 Å². The zero-order valence-corrected chi connectivity index (χ0v) is 21.5. The van der Waals surface area contributed by atoms with Crippen LogP contribution in [0.1, 0.15) is 50.3 Å². The van der Waals surface area contributed by atoms with Crippen LogP contribution in [0.3, 0.4) is 0 Å². The van der Waals surface area contributed by atoms with E-state index in [9.17, 15) is 0 Å². The molecule has 5 aromatic rings. The summed E-state index contributed by atoms with van der Waals surface area (Å²) in [6.07, 6.45) is 0. The molecule has 0 unspecified atom stereocenters. The van der Waals surface area contributed by atoms with Gasteiger partial charge in [-0.3, -0.25) is 0 Å². The highest BCUT2D eigenvalue weighted by atomic mass is 14.4. The average Bonchev–Trinajstić information content (AvgIpc) is 3.15. The Morgan fingerprint density at radius 3 is 1.56 bits per heavy atom. The molecule has 0 bridgehead atoms. The molecule has 0 heteroatoms. The maximum Gasteiger partial charge on any atom is 0.0159 e. The minimum Gasteiger partial charge on any atom is -0.0619 e. The monoisotopic (exact) mass is 464 g/mol. The fourth-order valence-electron chi connectivity index (χ4n) is 5.68. The second kappa shape index (κ2) is 8.64. The molecule has 0 atom stereocenters. The van der Waals surface area contributed by atoms with E-state index in [0.29, 0.717) is 5.92 Å². The molecular weight excluding hydrogens is 432 g/mol. The number of fused-ring (bicyclic) bond motifs is 3. The van der Waals surface area contributed by atoms with Gasteiger partial charge in [0.2, 0.25) is 0 Å². The standard InChI is InChI=1S/C36H32/c1-24(2)25-12-14-26(15-13-25)29-8-7-9-30(22-29)27-16-18-28(19-17-27)31-20-21-33-32-10-5-6-11-34(32)36(3,4)35(33)23-31/h5-24H,1-4H3. The van der Waals surface area contributed by atoms with Crippen LogP contribution in [0.15, 0.2) is 115 Å². The SMILES string of the molecule is CC(C)c1ccc(-c2cccc(-c3ccc(-c4ccc5c(c4)C(C)(C)c4ccccc4-5)cc3)c2)cc1. The molecule has 0 radical (unpaired) electrons. The van der Waals surface area contributed by atoms with Gasteiger partial charge in [-0.2, -0.15) is 0 Å². The molecule has 1 aliphatic rings. The van der Waals surface area contributed by atoms with E-state index in [1.807, 2.05) is 0 Å². The molecule has 0 saturated heterocycles. The Labute approximate surface area is 215 Å². The summed E-state index contributed by atoms with van der Waals surface area (Å²) in [7, 11) is 0. The molecule has 6 rings (SSSR count). The number of rotatable bonds is 4. The Hall–Kier alpha value is -3.90. The van der Waals surface area contributed by atoms with E-state index >= 15 is 0 Å². The molecule has 5 aromatic carbocycles. The highest BCUT2D eigenvalue weighted by Crippen LogP contribution is 2.49. The summed E-state index contributed by atoms with van der Waals surface area (Å²) in [6.45, 7) is 9.16. The highest BCUT2D eigenvalue weighted by Gasteiger charge is 2.35. The van der Waals surface area contributed by atoms with Crippen LogP contribution in [-0.2, 0) is 5.41 Å². The lowest BCUT2D eigenvalue weighted by Gasteiger charge is -2.22. The molecule has 0 fully saturated rings. The third-order valence-electron chi connectivity index (χ3n) is 7.91. The molecule has 1 aliphatic carbocycles.